The van der Waals surface area contributed by atoms with Crippen molar-refractivity contribution in [2.45, 2.75) is 53.0 Å². The molecule has 2 aromatic carbocycles. The van der Waals surface area contributed by atoms with Gasteiger partial charge in [-0.3, -0.25) is 0 Å². The Morgan fingerprint density at radius 3 is 2.41 bits per heavy atom. The summed E-state index contributed by atoms with van der Waals surface area (Å²) in [6.07, 6.45) is 11.6. The van der Waals surface area contributed by atoms with Gasteiger partial charge in [-0.1, -0.05) is 50.3 Å². The second-order valence-electron chi connectivity index (χ2n) is 6.97. The summed E-state index contributed by atoms with van der Waals surface area (Å²) < 4.78 is 10.4. The molecule has 1 aliphatic rings. The van der Waals surface area contributed by atoms with Crippen molar-refractivity contribution in [2.24, 2.45) is 0 Å². The molecule has 0 atom stereocenters. The second kappa shape index (κ2) is 10.7. The van der Waals surface area contributed by atoms with E-state index in [1.807, 2.05) is 20.8 Å². The van der Waals surface area contributed by atoms with Crippen LogP contribution < -0.4 is 9.30 Å². The molecule has 0 bridgehead atoms. The molecule has 1 aliphatic heterocycles. The van der Waals surface area contributed by atoms with Crippen molar-refractivity contribution >= 4 is 12.2 Å². The fourth-order valence-corrected chi connectivity index (χ4v) is 3.77. The van der Waals surface area contributed by atoms with E-state index in [0.717, 1.165) is 18.7 Å². The van der Waals surface area contributed by atoms with Gasteiger partial charge < -0.3 is 4.74 Å². The van der Waals surface area contributed by atoms with E-state index in [-0.39, 0.29) is 0 Å². The van der Waals surface area contributed by atoms with Gasteiger partial charge in [0, 0.05) is 6.42 Å². The van der Waals surface area contributed by atoms with Crippen molar-refractivity contribution < 1.29 is 9.30 Å². The number of ether oxygens (including phenoxy) is 1. The van der Waals surface area contributed by atoms with Gasteiger partial charge in [-0.05, 0) is 62.1 Å². The fraction of sp³-hybridized carbons (Fsp3) is 0.346. The minimum atomic E-state index is 0.697. The van der Waals surface area contributed by atoms with Gasteiger partial charge in [-0.2, -0.15) is 4.57 Å². The summed E-state index contributed by atoms with van der Waals surface area (Å²) in [6, 6.07) is 18.9. The molecule has 0 unspecified atom stereocenters. The van der Waals surface area contributed by atoms with Crippen LogP contribution in [0.25, 0.3) is 17.8 Å². The van der Waals surface area contributed by atoms with Crippen LogP contribution in [0.1, 0.15) is 57.1 Å². The third-order valence-corrected chi connectivity index (χ3v) is 5.12. The van der Waals surface area contributed by atoms with Crippen molar-refractivity contribution in [3.8, 4) is 11.4 Å². The molecule has 0 aliphatic carbocycles. The van der Waals surface area contributed by atoms with Gasteiger partial charge in [-0.25, -0.2) is 4.57 Å². The first-order valence-electron chi connectivity index (χ1n) is 11.0. The highest BCUT2D eigenvalue weighted by Gasteiger charge is 2.24. The Balaban J connectivity index is 0.00000117. The molecule has 152 valence electrons. The van der Waals surface area contributed by atoms with Crippen LogP contribution in [0.4, 0.5) is 0 Å². The number of hydrogen-bond donors (Lipinski definition) is 0. The van der Waals surface area contributed by atoms with Crippen LogP contribution in [-0.4, -0.2) is 11.2 Å². The van der Waals surface area contributed by atoms with Crippen molar-refractivity contribution in [1.82, 2.24) is 4.57 Å². The zero-order valence-corrected chi connectivity index (χ0v) is 18.0. The third kappa shape index (κ3) is 5.17. The number of hydrogen-bond acceptors (Lipinski definition) is 1. The molecule has 0 fully saturated rings. The minimum Gasteiger partial charge on any atom is -0.494 e. The lowest BCUT2D eigenvalue weighted by atomic mass is 10.2. The SMILES string of the molecule is CC.CCOc1ccc(-[n+]2cc(/C=C/c3ccccc3)n3c2CCCCC3)cc1. The smallest absolute Gasteiger partial charge is 0.262 e. The molecule has 0 radical (unpaired) electrons. The summed E-state index contributed by atoms with van der Waals surface area (Å²) in [5.74, 6) is 2.32. The summed E-state index contributed by atoms with van der Waals surface area (Å²) >= 11 is 0. The molecular weight excluding hydrogens is 356 g/mol. The lowest BCUT2D eigenvalue weighted by Gasteiger charge is -2.04. The van der Waals surface area contributed by atoms with Crippen LogP contribution >= 0.6 is 0 Å². The van der Waals surface area contributed by atoms with E-state index in [1.165, 1.54) is 42.0 Å². The first-order chi connectivity index (χ1) is 14.3. The van der Waals surface area contributed by atoms with Gasteiger partial charge in [0.15, 0.2) is 5.69 Å². The Morgan fingerprint density at radius 2 is 1.69 bits per heavy atom. The molecule has 0 saturated carbocycles. The van der Waals surface area contributed by atoms with E-state index in [9.17, 15) is 0 Å². The summed E-state index contributed by atoms with van der Waals surface area (Å²) in [7, 11) is 0. The van der Waals surface area contributed by atoms with Gasteiger partial charge in [0.1, 0.15) is 17.6 Å². The van der Waals surface area contributed by atoms with E-state index in [4.69, 9.17) is 4.74 Å². The molecule has 0 N–H and O–H groups in total. The Kier molecular flexibility index (Phi) is 7.69. The zero-order valence-electron chi connectivity index (χ0n) is 18.0. The zero-order chi connectivity index (χ0) is 20.5. The van der Waals surface area contributed by atoms with Crippen LogP contribution in [0.5, 0.6) is 5.75 Å². The Hall–Kier alpha value is -2.81. The molecule has 3 nitrogen and oxygen atoms in total. The predicted molar refractivity (Wildman–Crippen MR) is 121 cm³/mol. The molecule has 0 amide bonds. The van der Waals surface area contributed by atoms with Crippen LogP contribution in [0, 0.1) is 0 Å². The van der Waals surface area contributed by atoms with Crippen LogP contribution in [0.15, 0.2) is 60.8 Å². The van der Waals surface area contributed by atoms with Crippen molar-refractivity contribution in [3.63, 3.8) is 0 Å². The number of fused-ring (bicyclic) bond motifs is 1. The Bertz CT molecular complexity index is 908. The number of nitrogens with zero attached hydrogens (tertiary/aromatic N) is 2. The van der Waals surface area contributed by atoms with Gasteiger partial charge in [0.2, 0.25) is 0 Å². The van der Waals surface area contributed by atoms with E-state index in [2.05, 4.69) is 82.1 Å². The van der Waals surface area contributed by atoms with E-state index in [0.29, 0.717) is 6.61 Å². The molecule has 0 saturated heterocycles. The quantitative estimate of drug-likeness (QED) is 0.483. The highest BCUT2D eigenvalue weighted by molar-refractivity contribution is 5.67. The number of imidazole rings is 1. The molecule has 0 spiro atoms. The summed E-state index contributed by atoms with van der Waals surface area (Å²) in [5, 5.41) is 0. The van der Waals surface area contributed by atoms with Crippen LogP contribution in [0.2, 0.25) is 0 Å². The maximum atomic E-state index is 5.60. The van der Waals surface area contributed by atoms with E-state index < -0.39 is 0 Å². The minimum absolute atomic E-state index is 0.697. The summed E-state index contributed by atoms with van der Waals surface area (Å²) in [6.45, 7) is 7.80. The standard InChI is InChI=1S/C24H27N2O.C2H6/c1-2-27-23-16-14-21(15-17-23)26-19-22(13-12-20-9-5-3-6-10-20)25-18-8-4-7-11-24(25)26;1-2/h3,5-6,9-10,12-17,19H,2,4,7-8,11,18H2,1H3;1-2H3/q+1;/b13-12+;. The average Bonchev–Trinajstić information content (AvgIpc) is 2.95. The Morgan fingerprint density at radius 1 is 0.931 bits per heavy atom. The van der Waals surface area contributed by atoms with Gasteiger partial charge >= 0.3 is 0 Å². The van der Waals surface area contributed by atoms with Crippen molar-refractivity contribution in [2.75, 3.05) is 6.61 Å². The molecule has 3 aromatic rings. The van der Waals surface area contributed by atoms with E-state index >= 15 is 0 Å². The molecule has 2 heterocycles. The lowest BCUT2D eigenvalue weighted by molar-refractivity contribution is -0.604. The van der Waals surface area contributed by atoms with Gasteiger partial charge in [-0.15, -0.1) is 0 Å². The van der Waals surface area contributed by atoms with Crippen molar-refractivity contribution in [1.29, 1.82) is 0 Å². The monoisotopic (exact) mass is 389 g/mol. The third-order valence-electron chi connectivity index (χ3n) is 5.12. The van der Waals surface area contributed by atoms with Crippen molar-refractivity contribution in [3.05, 3.63) is 77.9 Å². The summed E-state index contributed by atoms with van der Waals surface area (Å²) in [5.41, 5.74) is 3.70. The van der Waals surface area contributed by atoms with Gasteiger partial charge in [0.05, 0.1) is 13.2 Å². The topological polar surface area (TPSA) is 18.0 Å². The first-order valence-corrected chi connectivity index (χ1v) is 11.0. The van der Waals surface area contributed by atoms with Crippen LogP contribution in [0.3, 0.4) is 0 Å². The fourth-order valence-electron chi connectivity index (χ4n) is 3.77. The maximum Gasteiger partial charge on any atom is 0.262 e. The first kappa shape index (κ1) is 20.9. The summed E-state index contributed by atoms with van der Waals surface area (Å²) in [4.78, 5) is 0. The number of rotatable bonds is 5. The highest BCUT2D eigenvalue weighted by atomic mass is 16.5. The second-order valence-corrected chi connectivity index (χ2v) is 6.97. The number of benzene rings is 2. The lowest BCUT2D eigenvalue weighted by Crippen LogP contribution is -2.34. The normalized spacial score (nSPS) is 13.3. The van der Waals surface area contributed by atoms with Gasteiger partial charge in [0.25, 0.3) is 5.82 Å². The molecule has 4 rings (SSSR count). The molecule has 1 aromatic heterocycles. The maximum absolute atomic E-state index is 5.60. The predicted octanol–water partition coefficient (Wildman–Crippen LogP) is 6.09. The largest absolute Gasteiger partial charge is 0.494 e. The Labute approximate surface area is 175 Å². The molecule has 29 heavy (non-hydrogen) atoms. The number of aromatic nitrogens is 2. The molecular formula is C26H33N2O+. The van der Waals surface area contributed by atoms with E-state index in [1.54, 1.807) is 0 Å². The average molecular weight is 390 g/mol. The molecule has 3 heteroatoms. The highest BCUT2D eigenvalue weighted by Crippen LogP contribution is 2.20. The van der Waals surface area contributed by atoms with Crippen LogP contribution in [-0.2, 0) is 13.0 Å².